The van der Waals surface area contributed by atoms with E-state index in [-0.39, 0.29) is 37.3 Å². The van der Waals surface area contributed by atoms with Gasteiger partial charge in [0, 0.05) is 4.88 Å². The predicted octanol–water partition coefficient (Wildman–Crippen LogP) is 1.85. The van der Waals surface area contributed by atoms with Crippen molar-refractivity contribution in [1.82, 2.24) is 10.3 Å². The van der Waals surface area contributed by atoms with E-state index in [2.05, 4.69) is 39.9 Å². The highest BCUT2D eigenvalue weighted by molar-refractivity contribution is 7.15. The van der Waals surface area contributed by atoms with Gasteiger partial charge in [0.15, 0.2) is 5.13 Å². The van der Waals surface area contributed by atoms with Gasteiger partial charge >= 0.3 is 0 Å². The number of nitrogens with two attached hydrogens (primary N) is 1. The van der Waals surface area contributed by atoms with Crippen molar-refractivity contribution in [2.24, 2.45) is 5.73 Å². The van der Waals surface area contributed by atoms with Crippen LogP contribution in [0.15, 0.2) is 30.3 Å². The number of hydrogen-bond acceptors (Lipinski definition) is 5. The Morgan fingerprint density at radius 1 is 1.24 bits per heavy atom. The number of anilines is 1. The van der Waals surface area contributed by atoms with Gasteiger partial charge in [0.2, 0.25) is 11.8 Å². The van der Waals surface area contributed by atoms with Gasteiger partial charge < -0.3 is 16.4 Å². The van der Waals surface area contributed by atoms with Crippen molar-refractivity contribution in [2.75, 3.05) is 18.4 Å². The highest BCUT2D eigenvalue weighted by Gasteiger charge is 2.24. The number of halogens is 1. The summed E-state index contributed by atoms with van der Waals surface area (Å²) in [5, 5.41) is 5.79. The van der Waals surface area contributed by atoms with Gasteiger partial charge in [-0.25, -0.2) is 4.98 Å². The molecule has 1 aromatic heterocycles. The van der Waals surface area contributed by atoms with Crippen LogP contribution in [0, 0.1) is 0 Å². The molecule has 134 valence electrons. The maximum absolute atomic E-state index is 11.8. The first-order valence-corrected chi connectivity index (χ1v) is 8.77. The summed E-state index contributed by atoms with van der Waals surface area (Å²) in [5.41, 5.74) is 7.61. The topological polar surface area (TPSA) is 97.1 Å². The molecule has 1 aliphatic carbocycles. The summed E-state index contributed by atoms with van der Waals surface area (Å²) < 4.78 is 0. The van der Waals surface area contributed by atoms with E-state index in [4.69, 9.17) is 5.73 Å². The molecule has 4 N–H and O–H groups in total. The van der Waals surface area contributed by atoms with Crippen molar-refractivity contribution in [3.63, 3.8) is 0 Å². The third kappa shape index (κ3) is 5.01. The van der Waals surface area contributed by atoms with Gasteiger partial charge in [-0.05, 0) is 30.7 Å². The minimum absolute atomic E-state index is 0. The fourth-order valence-corrected chi connectivity index (χ4v) is 3.96. The number of nitrogens with one attached hydrogen (secondary N) is 2. The van der Waals surface area contributed by atoms with Crippen molar-refractivity contribution in [3.8, 4) is 0 Å². The molecule has 0 spiro atoms. The lowest BCUT2D eigenvalue weighted by atomic mass is 9.85. The van der Waals surface area contributed by atoms with Gasteiger partial charge in [-0.3, -0.25) is 9.59 Å². The van der Waals surface area contributed by atoms with Crippen LogP contribution in [0.25, 0.3) is 0 Å². The molecule has 0 aliphatic heterocycles. The minimum Gasteiger partial charge on any atom is -0.346 e. The van der Waals surface area contributed by atoms with Gasteiger partial charge in [0.1, 0.15) is 0 Å². The summed E-state index contributed by atoms with van der Waals surface area (Å²) in [6.45, 7) is -0.216. The lowest BCUT2D eigenvalue weighted by Crippen LogP contribution is -2.36. The monoisotopic (exact) mass is 380 g/mol. The van der Waals surface area contributed by atoms with Gasteiger partial charge in [-0.1, -0.05) is 30.3 Å². The molecule has 1 atom stereocenters. The number of carbonyl (C=O) groups excluding carboxylic acids is 2. The third-order valence-corrected chi connectivity index (χ3v) is 5.12. The van der Waals surface area contributed by atoms with Crippen LogP contribution in [0.2, 0.25) is 0 Å². The van der Waals surface area contributed by atoms with E-state index in [1.807, 2.05) is 6.07 Å². The molecule has 1 heterocycles. The average Bonchev–Trinajstić information content (AvgIpc) is 3.01. The number of benzene rings is 1. The zero-order valence-corrected chi connectivity index (χ0v) is 15.3. The largest absolute Gasteiger partial charge is 0.346 e. The summed E-state index contributed by atoms with van der Waals surface area (Å²) in [5.74, 6) is -0.136. The Bertz CT molecular complexity index is 736. The molecule has 0 radical (unpaired) electrons. The first kappa shape index (κ1) is 19.4. The van der Waals surface area contributed by atoms with Crippen LogP contribution in [0.1, 0.15) is 28.5 Å². The van der Waals surface area contributed by atoms with E-state index in [1.165, 1.54) is 21.8 Å². The molecule has 6 nitrogen and oxygen atoms in total. The Hall–Kier alpha value is -1.96. The Kier molecular flexibility index (Phi) is 6.92. The standard InChI is InChI=1S/C17H20N4O2S.ClH/c18-9-15(22)19-10-16(23)21-17-20-13-7-6-12(8-14(13)24-17)11-4-2-1-3-5-11;/h1-5,12H,6-10,18H2,(H,19,22)(H,20,21,23);1H. The van der Waals surface area contributed by atoms with E-state index in [1.54, 1.807) is 0 Å². The number of carbonyl (C=O) groups is 2. The number of aryl methyl sites for hydroxylation is 1. The molecule has 1 unspecified atom stereocenters. The van der Waals surface area contributed by atoms with Crippen LogP contribution in [0.4, 0.5) is 5.13 Å². The molecule has 0 saturated carbocycles. The number of nitrogens with zero attached hydrogens (tertiary/aromatic N) is 1. The predicted molar refractivity (Wildman–Crippen MR) is 101 cm³/mol. The number of thiazole rings is 1. The molecular formula is C17H21ClN4O2S. The first-order chi connectivity index (χ1) is 11.7. The molecule has 0 fully saturated rings. The molecule has 2 amide bonds. The molecule has 3 rings (SSSR count). The highest BCUT2D eigenvalue weighted by atomic mass is 35.5. The Morgan fingerprint density at radius 3 is 2.72 bits per heavy atom. The summed E-state index contributed by atoms with van der Waals surface area (Å²) in [6, 6.07) is 10.5. The minimum atomic E-state index is -0.353. The number of fused-ring (bicyclic) bond motifs is 1. The zero-order valence-electron chi connectivity index (χ0n) is 13.7. The van der Waals surface area contributed by atoms with Crippen LogP contribution in [-0.4, -0.2) is 29.9 Å². The molecule has 1 aliphatic rings. The number of rotatable bonds is 5. The van der Waals surface area contributed by atoms with E-state index in [9.17, 15) is 9.59 Å². The number of aromatic nitrogens is 1. The molecule has 0 bridgehead atoms. The zero-order chi connectivity index (χ0) is 16.9. The highest BCUT2D eigenvalue weighted by Crippen LogP contribution is 2.36. The second kappa shape index (κ2) is 8.94. The second-order valence-corrected chi connectivity index (χ2v) is 6.85. The van der Waals surface area contributed by atoms with Crippen molar-refractivity contribution in [2.45, 2.75) is 25.2 Å². The summed E-state index contributed by atoms with van der Waals surface area (Å²) in [6.07, 6.45) is 2.95. The van der Waals surface area contributed by atoms with Crippen molar-refractivity contribution in [3.05, 3.63) is 46.5 Å². The summed E-state index contributed by atoms with van der Waals surface area (Å²) >= 11 is 1.52. The fraction of sp³-hybridized carbons (Fsp3) is 0.353. The molecule has 0 saturated heterocycles. The maximum Gasteiger partial charge on any atom is 0.245 e. The average molecular weight is 381 g/mol. The van der Waals surface area contributed by atoms with Crippen LogP contribution in [-0.2, 0) is 22.4 Å². The van der Waals surface area contributed by atoms with Gasteiger partial charge in [-0.15, -0.1) is 23.7 Å². The number of hydrogen-bond donors (Lipinski definition) is 3. The van der Waals surface area contributed by atoms with Crippen LogP contribution in [0.5, 0.6) is 0 Å². The van der Waals surface area contributed by atoms with Crippen LogP contribution in [0.3, 0.4) is 0 Å². The first-order valence-electron chi connectivity index (χ1n) is 7.96. The second-order valence-electron chi connectivity index (χ2n) is 5.77. The number of amides is 2. The van der Waals surface area contributed by atoms with Gasteiger partial charge in [0.05, 0.1) is 18.8 Å². The quantitative estimate of drug-likeness (QED) is 0.737. The smallest absolute Gasteiger partial charge is 0.245 e. The van der Waals surface area contributed by atoms with Crippen molar-refractivity contribution in [1.29, 1.82) is 0 Å². The molecule has 25 heavy (non-hydrogen) atoms. The molecule has 2 aromatic rings. The molecule has 1 aromatic carbocycles. The lowest BCUT2D eigenvalue weighted by Gasteiger charge is -2.21. The van der Waals surface area contributed by atoms with Crippen LogP contribution >= 0.6 is 23.7 Å². The fourth-order valence-electron chi connectivity index (χ4n) is 2.85. The van der Waals surface area contributed by atoms with E-state index < -0.39 is 0 Å². The maximum atomic E-state index is 11.8. The van der Waals surface area contributed by atoms with Crippen LogP contribution < -0.4 is 16.4 Å². The molecular weight excluding hydrogens is 360 g/mol. The van der Waals surface area contributed by atoms with Crippen molar-refractivity contribution < 1.29 is 9.59 Å². The van der Waals surface area contributed by atoms with Gasteiger partial charge in [-0.2, -0.15) is 0 Å². The van der Waals surface area contributed by atoms with Crippen molar-refractivity contribution >= 4 is 40.7 Å². The third-order valence-electron chi connectivity index (χ3n) is 4.09. The van der Waals surface area contributed by atoms with Gasteiger partial charge in [0.25, 0.3) is 0 Å². The Labute approximate surface area is 156 Å². The Morgan fingerprint density at radius 2 is 2.00 bits per heavy atom. The van der Waals surface area contributed by atoms with E-state index >= 15 is 0 Å². The normalized spacial score (nSPS) is 15.6. The summed E-state index contributed by atoms with van der Waals surface area (Å²) in [7, 11) is 0. The Balaban J connectivity index is 0.00000225. The van der Waals surface area contributed by atoms with E-state index in [0.717, 1.165) is 25.0 Å². The van der Waals surface area contributed by atoms with E-state index in [0.29, 0.717) is 11.0 Å². The molecule has 8 heteroatoms. The summed E-state index contributed by atoms with van der Waals surface area (Å²) in [4.78, 5) is 28.6. The lowest BCUT2D eigenvalue weighted by molar-refractivity contribution is -0.123. The SMILES string of the molecule is Cl.NCC(=O)NCC(=O)Nc1nc2c(s1)CC(c1ccccc1)CC2.